The van der Waals surface area contributed by atoms with Crippen LogP contribution in [0.25, 0.3) is 11.0 Å². The summed E-state index contributed by atoms with van der Waals surface area (Å²) in [6.07, 6.45) is 0. The molecule has 0 aliphatic carbocycles. The lowest BCUT2D eigenvalue weighted by atomic mass is 10.1. The van der Waals surface area contributed by atoms with E-state index in [1.807, 2.05) is 6.92 Å². The molecule has 0 spiro atoms. The monoisotopic (exact) mass is 395 g/mol. The van der Waals surface area contributed by atoms with Gasteiger partial charge in [-0.3, -0.25) is 9.59 Å². The van der Waals surface area contributed by atoms with Crippen molar-refractivity contribution >= 4 is 34.3 Å². The number of benzene rings is 2. The Morgan fingerprint density at radius 3 is 2.45 bits per heavy atom. The number of ether oxygens (including phenoxy) is 2. The third kappa shape index (κ3) is 4.63. The number of carbonyl (C=O) groups is 3. The summed E-state index contributed by atoms with van der Waals surface area (Å²) in [6.45, 7) is 5.15. The van der Waals surface area contributed by atoms with Crippen LogP contribution in [0.3, 0.4) is 0 Å². The molecule has 0 saturated heterocycles. The van der Waals surface area contributed by atoms with E-state index in [-0.39, 0.29) is 17.5 Å². The molecule has 150 valence electrons. The number of hydrogen-bond donors (Lipinski definition) is 1. The van der Waals surface area contributed by atoms with Gasteiger partial charge in [-0.15, -0.1) is 0 Å². The van der Waals surface area contributed by atoms with E-state index in [0.29, 0.717) is 34.8 Å². The molecule has 1 heterocycles. The number of amides is 1. The molecule has 1 amide bonds. The Morgan fingerprint density at radius 2 is 1.79 bits per heavy atom. The lowest BCUT2D eigenvalue weighted by molar-refractivity contribution is -0.114. The van der Waals surface area contributed by atoms with Crippen molar-refractivity contribution in [1.29, 1.82) is 0 Å². The van der Waals surface area contributed by atoms with E-state index in [0.717, 1.165) is 5.39 Å². The maximum absolute atomic E-state index is 12.4. The van der Waals surface area contributed by atoms with Crippen molar-refractivity contribution in [2.45, 2.75) is 20.8 Å². The zero-order valence-corrected chi connectivity index (χ0v) is 16.4. The summed E-state index contributed by atoms with van der Waals surface area (Å²) in [4.78, 5) is 35.7. The Bertz CT molecular complexity index is 1060. The molecule has 0 radical (unpaired) electrons. The minimum atomic E-state index is -0.708. The van der Waals surface area contributed by atoms with Crippen LogP contribution >= 0.6 is 0 Å². The fourth-order valence-corrected chi connectivity index (χ4v) is 2.87. The van der Waals surface area contributed by atoms with Crippen LogP contribution in [0.2, 0.25) is 0 Å². The standard InChI is InChI=1S/C22H21NO6/c1-4-27-17-9-10-20-18(11-17)13(2)21(29-20)22(26)28-12-19(25)15-5-7-16(8-6-15)23-14(3)24/h5-11H,4,12H2,1-3H3,(H,23,24). The Labute approximate surface area is 167 Å². The molecule has 0 saturated carbocycles. The van der Waals surface area contributed by atoms with E-state index in [4.69, 9.17) is 13.9 Å². The van der Waals surface area contributed by atoms with Gasteiger partial charge >= 0.3 is 5.97 Å². The minimum Gasteiger partial charge on any atom is -0.494 e. The number of rotatable bonds is 7. The summed E-state index contributed by atoms with van der Waals surface area (Å²) in [5.41, 5.74) is 2.11. The van der Waals surface area contributed by atoms with Crippen LogP contribution in [0.15, 0.2) is 46.9 Å². The number of nitrogens with one attached hydrogen (secondary N) is 1. The highest BCUT2D eigenvalue weighted by atomic mass is 16.5. The summed E-state index contributed by atoms with van der Waals surface area (Å²) in [5.74, 6) is -0.531. The maximum Gasteiger partial charge on any atom is 0.375 e. The van der Waals surface area contributed by atoms with Crippen LogP contribution in [0.4, 0.5) is 5.69 Å². The smallest absolute Gasteiger partial charge is 0.375 e. The number of aryl methyl sites for hydroxylation is 1. The highest BCUT2D eigenvalue weighted by Crippen LogP contribution is 2.29. The summed E-state index contributed by atoms with van der Waals surface area (Å²) < 4.78 is 16.2. The molecule has 0 aliphatic heterocycles. The van der Waals surface area contributed by atoms with E-state index in [9.17, 15) is 14.4 Å². The molecule has 29 heavy (non-hydrogen) atoms. The van der Waals surface area contributed by atoms with Gasteiger partial charge in [0.15, 0.2) is 12.4 Å². The number of Topliss-reactive ketones (excluding diaryl/α,β-unsaturated/α-hetero) is 1. The second-order valence-electron chi connectivity index (χ2n) is 6.41. The number of anilines is 1. The fraction of sp³-hybridized carbons (Fsp3) is 0.227. The van der Waals surface area contributed by atoms with Crippen molar-refractivity contribution in [3.05, 3.63) is 59.4 Å². The van der Waals surface area contributed by atoms with Gasteiger partial charge in [0.05, 0.1) is 6.61 Å². The van der Waals surface area contributed by atoms with Crippen molar-refractivity contribution in [2.75, 3.05) is 18.5 Å². The summed E-state index contributed by atoms with van der Waals surface area (Å²) in [7, 11) is 0. The number of hydrogen-bond acceptors (Lipinski definition) is 6. The molecule has 2 aromatic carbocycles. The molecular formula is C22H21NO6. The predicted molar refractivity (Wildman–Crippen MR) is 107 cm³/mol. The number of esters is 1. The van der Waals surface area contributed by atoms with Gasteiger partial charge < -0.3 is 19.2 Å². The van der Waals surface area contributed by atoms with E-state index in [1.165, 1.54) is 6.92 Å². The van der Waals surface area contributed by atoms with Crippen LogP contribution in [-0.2, 0) is 9.53 Å². The molecule has 1 aromatic heterocycles. The largest absolute Gasteiger partial charge is 0.494 e. The first-order chi connectivity index (χ1) is 13.9. The Kier molecular flexibility index (Phi) is 5.97. The minimum absolute atomic E-state index is 0.0578. The topological polar surface area (TPSA) is 94.8 Å². The first-order valence-electron chi connectivity index (χ1n) is 9.13. The van der Waals surface area contributed by atoms with Crippen molar-refractivity contribution in [2.24, 2.45) is 0 Å². The number of furan rings is 1. The van der Waals surface area contributed by atoms with Gasteiger partial charge in [0.25, 0.3) is 0 Å². The maximum atomic E-state index is 12.4. The molecule has 0 aliphatic rings. The molecule has 3 aromatic rings. The van der Waals surface area contributed by atoms with E-state index in [1.54, 1.807) is 49.4 Å². The molecule has 3 rings (SSSR count). The van der Waals surface area contributed by atoms with Gasteiger partial charge in [-0.1, -0.05) is 0 Å². The van der Waals surface area contributed by atoms with Crippen molar-refractivity contribution in [3.8, 4) is 5.75 Å². The first-order valence-corrected chi connectivity index (χ1v) is 9.13. The zero-order chi connectivity index (χ0) is 21.0. The third-order valence-corrected chi connectivity index (χ3v) is 4.27. The molecule has 0 bridgehead atoms. The Morgan fingerprint density at radius 1 is 1.07 bits per heavy atom. The second kappa shape index (κ2) is 8.60. The average molecular weight is 395 g/mol. The Hall–Kier alpha value is -3.61. The van der Waals surface area contributed by atoms with Crippen molar-refractivity contribution < 1.29 is 28.3 Å². The summed E-state index contributed by atoms with van der Waals surface area (Å²) in [5, 5.41) is 3.37. The van der Waals surface area contributed by atoms with Crippen LogP contribution in [0, 0.1) is 6.92 Å². The first kappa shape index (κ1) is 20.1. The molecule has 0 unspecified atom stereocenters. The van der Waals surface area contributed by atoms with Gasteiger partial charge in [-0.25, -0.2) is 4.79 Å². The zero-order valence-electron chi connectivity index (χ0n) is 16.4. The average Bonchev–Trinajstić information content (AvgIpc) is 3.02. The second-order valence-corrected chi connectivity index (χ2v) is 6.41. The van der Waals surface area contributed by atoms with Crippen LogP contribution in [-0.4, -0.2) is 30.9 Å². The SMILES string of the molecule is CCOc1ccc2oc(C(=O)OCC(=O)c3ccc(NC(C)=O)cc3)c(C)c2c1. The molecule has 0 atom stereocenters. The van der Waals surface area contributed by atoms with Gasteiger partial charge in [-0.05, 0) is 56.3 Å². The molecule has 1 N–H and O–H groups in total. The van der Waals surface area contributed by atoms with Gasteiger partial charge in [0.1, 0.15) is 11.3 Å². The quantitative estimate of drug-likeness (QED) is 0.477. The van der Waals surface area contributed by atoms with Crippen LogP contribution in [0.5, 0.6) is 5.75 Å². The third-order valence-electron chi connectivity index (χ3n) is 4.27. The fourth-order valence-electron chi connectivity index (χ4n) is 2.87. The summed E-state index contributed by atoms with van der Waals surface area (Å²) in [6, 6.07) is 11.6. The highest BCUT2D eigenvalue weighted by molar-refractivity contribution is 6.01. The molecule has 7 heteroatoms. The number of ketones is 1. The molecule has 7 nitrogen and oxygen atoms in total. The molecule has 0 fully saturated rings. The normalized spacial score (nSPS) is 10.6. The van der Waals surface area contributed by atoms with E-state index >= 15 is 0 Å². The van der Waals surface area contributed by atoms with Gasteiger partial charge in [0.2, 0.25) is 11.7 Å². The van der Waals surface area contributed by atoms with Gasteiger partial charge in [0, 0.05) is 29.1 Å². The lowest BCUT2D eigenvalue weighted by Crippen LogP contribution is -2.14. The number of carbonyl (C=O) groups excluding carboxylic acids is 3. The van der Waals surface area contributed by atoms with E-state index < -0.39 is 12.6 Å². The van der Waals surface area contributed by atoms with Crippen LogP contribution < -0.4 is 10.1 Å². The van der Waals surface area contributed by atoms with Crippen molar-refractivity contribution in [1.82, 2.24) is 0 Å². The predicted octanol–water partition coefficient (Wildman–Crippen LogP) is 4.14. The lowest BCUT2D eigenvalue weighted by Gasteiger charge is -2.05. The highest BCUT2D eigenvalue weighted by Gasteiger charge is 2.21. The number of fused-ring (bicyclic) bond motifs is 1. The van der Waals surface area contributed by atoms with Gasteiger partial charge in [-0.2, -0.15) is 0 Å². The molecular weight excluding hydrogens is 374 g/mol. The van der Waals surface area contributed by atoms with Crippen molar-refractivity contribution in [3.63, 3.8) is 0 Å². The Balaban J connectivity index is 1.68. The van der Waals surface area contributed by atoms with E-state index in [2.05, 4.69) is 5.32 Å². The van der Waals surface area contributed by atoms with Crippen LogP contribution in [0.1, 0.15) is 40.3 Å². The summed E-state index contributed by atoms with van der Waals surface area (Å²) >= 11 is 0.